The first-order valence-electron chi connectivity index (χ1n) is 11.6. The van der Waals surface area contributed by atoms with Crippen molar-refractivity contribution < 1.29 is 4.74 Å². The zero-order valence-corrected chi connectivity index (χ0v) is 19.3. The van der Waals surface area contributed by atoms with Crippen LogP contribution in [-0.4, -0.2) is 39.9 Å². The summed E-state index contributed by atoms with van der Waals surface area (Å²) in [6.07, 6.45) is 7.17. The van der Waals surface area contributed by atoms with Crippen LogP contribution in [0.1, 0.15) is 28.7 Å². The number of methoxy groups -OCH3 is 1. The van der Waals surface area contributed by atoms with Crippen molar-refractivity contribution in [2.45, 2.75) is 38.9 Å². The fourth-order valence-corrected chi connectivity index (χ4v) is 4.77. The molecule has 0 unspecified atom stereocenters. The van der Waals surface area contributed by atoms with Crippen LogP contribution in [-0.2, 0) is 32.5 Å². The molecule has 0 saturated carbocycles. The monoisotopic (exact) mass is 442 g/mol. The summed E-state index contributed by atoms with van der Waals surface area (Å²) in [6.45, 7) is 2.77. The normalized spacial score (nSPS) is 13.1. The van der Waals surface area contributed by atoms with Crippen molar-refractivity contribution in [3.63, 3.8) is 0 Å². The minimum Gasteiger partial charge on any atom is -0.497 e. The predicted octanol–water partition coefficient (Wildman–Crippen LogP) is 3.88. The highest BCUT2D eigenvalue weighted by Gasteiger charge is 2.17. The number of ether oxygens (including phenoxy) is 1. The minimum atomic E-state index is 0.0854. The lowest BCUT2D eigenvalue weighted by atomic mass is 10.0. The second kappa shape index (κ2) is 9.24. The molecule has 5 rings (SSSR count). The molecular formula is C27H30N4O2. The Morgan fingerprint density at radius 3 is 2.61 bits per heavy atom. The first kappa shape index (κ1) is 21.5. The second-order valence-electron chi connectivity index (χ2n) is 8.95. The largest absolute Gasteiger partial charge is 0.497 e. The third-order valence-corrected chi connectivity index (χ3v) is 6.59. The molecule has 0 saturated heterocycles. The van der Waals surface area contributed by atoms with Gasteiger partial charge in [-0.15, -0.1) is 0 Å². The molecule has 2 aromatic carbocycles. The lowest BCUT2D eigenvalue weighted by molar-refractivity contribution is 0.303. The number of nitrogens with zero attached hydrogens (tertiary/aromatic N) is 4. The maximum Gasteiger partial charge on any atom is 0.255 e. The molecule has 0 fully saturated rings. The molecule has 170 valence electrons. The van der Waals surface area contributed by atoms with E-state index in [1.165, 1.54) is 17.5 Å². The highest BCUT2D eigenvalue weighted by Crippen LogP contribution is 2.28. The Balaban J connectivity index is 1.50. The average molecular weight is 443 g/mol. The lowest BCUT2D eigenvalue weighted by Crippen LogP contribution is -2.30. The summed E-state index contributed by atoms with van der Waals surface area (Å²) in [5, 5.41) is 5.43. The summed E-state index contributed by atoms with van der Waals surface area (Å²) in [7, 11) is 3.73. The van der Waals surface area contributed by atoms with Gasteiger partial charge in [0.25, 0.3) is 5.56 Å². The molecule has 4 aromatic rings. The van der Waals surface area contributed by atoms with E-state index in [1.807, 2.05) is 45.8 Å². The highest BCUT2D eigenvalue weighted by molar-refractivity contribution is 5.82. The van der Waals surface area contributed by atoms with Gasteiger partial charge in [0.1, 0.15) is 5.75 Å². The Hall–Kier alpha value is -3.38. The summed E-state index contributed by atoms with van der Waals surface area (Å²) in [6, 6.07) is 16.6. The molecule has 1 aliphatic carbocycles. The van der Waals surface area contributed by atoms with Gasteiger partial charge in [-0.3, -0.25) is 9.48 Å². The van der Waals surface area contributed by atoms with Crippen molar-refractivity contribution in [3.05, 3.63) is 93.5 Å². The van der Waals surface area contributed by atoms with E-state index < -0.39 is 0 Å². The molecule has 6 nitrogen and oxygen atoms in total. The van der Waals surface area contributed by atoms with Crippen LogP contribution < -0.4 is 10.3 Å². The molecule has 2 heterocycles. The molecule has 0 atom stereocenters. The second-order valence-corrected chi connectivity index (χ2v) is 8.95. The van der Waals surface area contributed by atoms with E-state index in [-0.39, 0.29) is 5.56 Å². The Labute approximate surface area is 194 Å². The highest BCUT2D eigenvalue weighted by atomic mass is 16.5. The zero-order chi connectivity index (χ0) is 22.8. The van der Waals surface area contributed by atoms with Crippen LogP contribution in [0.4, 0.5) is 0 Å². The molecule has 1 aliphatic rings. The quantitative estimate of drug-likeness (QED) is 0.416. The van der Waals surface area contributed by atoms with Gasteiger partial charge in [-0.25, -0.2) is 0 Å². The number of likely N-dealkylation sites (N-methyl/N-ethyl adjacent to an activating group) is 1. The van der Waals surface area contributed by atoms with Crippen LogP contribution in [0.5, 0.6) is 5.75 Å². The van der Waals surface area contributed by atoms with Gasteiger partial charge in [0, 0.05) is 31.0 Å². The fraction of sp³-hybridized carbons (Fsp3) is 0.333. The van der Waals surface area contributed by atoms with Gasteiger partial charge >= 0.3 is 0 Å². The first-order chi connectivity index (χ1) is 16.1. The smallest absolute Gasteiger partial charge is 0.255 e. The summed E-state index contributed by atoms with van der Waals surface area (Å²) in [4.78, 5) is 15.9. The molecule has 0 radical (unpaired) electrons. The van der Waals surface area contributed by atoms with Crippen molar-refractivity contribution >= 4 is 10.9 Å². The van der Waals surface area contributed by atoms with Crippen LogP contribution in [0, 0.1) is 0 Å². The van der Waals surface area contributed by atoms with E-state index >= 15 is 0 Å². The number of hydrogen-bond acceptors (Lipinski definition) is 4. The van der Waals surface area contributed by atoms with E-state index in [0.717, 1.165) is 53.7 Å². The van der Waals surface area contributed by atoms with E-state index in [2.05, 4.69) is 35.2 Å². The summed E-state index contributed by atoms with van der Waals surface area (Å²) in [5.41, 5.74) is 5.84. The third-order valence-electron chi connectivity index (χ3n) is 6.59. The first-order valence-corrected chi connectivity index (χ1v) is 11.6. The Bertz CT molecular complexity index is 1310. The van der Waals surface area contributed by atoms with Crippen LogP contribution in [0.2, 0.25) is 0 Å². The molecule has 33 heavy (non-hydrogen) atoms. The average Bonchev–Trinajstić information content (AvgIpc) is 3.51. The minimum absolute atomic E-state index is 0.0854. The van der Waals surface area contributed by atoms with Crippen molar-refractivity contribution in [2.75, 3.05) is 20.7 Å². The molecule has 2 aromatic heterocycles. The van der Waals surface area contributed by atoms with E-state index in [1.54, 1.807) is 13.3 Å². The Morgan fingerprint density at radius 2 is 1.88 bits per heavy atom. The van der Waals surface area contributed by atoms with Crippen LogP contribution in [0.15, 0.2) is 65.7 Å². The molecule has 0 spiro atoms. The number of rotatable bonds is 8. The molecule has 0 N–H and O–H groups in total. The number of aromatic nitrogens is 3. The van der Waals surface area contributed by atoms with Gasteiger partial charge in [0.05, 0.1) is 25.7 Å². The fourth-order valence-electron chi connectivity index (χ4n) is 4.77. The molecule has 6 heteroatoms. The number of pyridine rings is 1. The molecule has 0 bridgehead atoms. The number of aryl methyl sites for hydroxylation is 2. The van der Waals surface area contributed by atoms with Gasteiger partial charge in [0.2, 0.25) is 0 Å². The van der Waals surface area contributed by atoms with Crippen LogP contribution in [0.25, 0.3) is 10.9 Å². The van der Waals surface area contributed by atoms with Gasteiger partial charge in [-0.1, -0.05) is 12.1 Å². The Kier molecular flexibility index (Phi) is 6.01. The Morgan fingerprint density at radius 1 is 1.09 bits per heavy atom. The third kappa shape index (κ3) is 4.57. The SMILES string of the molecule is COc1ccc(Cn2c(=O)c(CN(C)CCn3cccn3)cc3cc4c(cc32)CCC4)cc1. The summed E-state index contributed by atoms with van der Waals surface area (Å²) < 4.78 is 9.17. The van der Waals surface area contributed by atoms with Crippen LogP contribution >= 0.6 is 0 Å². The maximum atomic E-state index is 13.7. The van der Waals surface area contributed by atoms with Crippen molar-refractivity contribution in [3.8, 4) is 5.75 Å². The van der Waals surface area contributed by atoms with Gasteiger partial charge in [0.15, 0.2) is 0 Å². The number of fused-ring (bicyclic) bond motifs is 2. The van der Waals surface area contributed by atoms with Crippen molar-refractivity contribution in [2.24, 2.45) is 0 Å². The van der Waals surface area contributed by atoms with Crippen molar-refractivity contribution in [1.29, 1.82) is 0 Å². The standard InChI is InChI=1S/C27H30N4O2/c1-29(13-14-30-12-4-11-28-30)19-24-16-23-15-21-5-3-6-22(21)17-26(23)31(27(24)32)18-20-7-9-25(33-2)10-8-20/h4,7-12,15-17H,3,5-6,13-14,18-19H2,1-2H3. The topological polar surface area (TPSA) is 52.3 Å². The molecule has 0 aliphatic heterocycles. The van der Waals surface area contributed by atoms with Gasteiger partial charge in [-0.05, 0) is 84.8 Å². The molecular weight excluding hydrogens is 412 g/mol. The van der Waals surface area contributed by atoms with Gasteiger partial charge < -0.3 is 14.2 Å². The summed E-state index contributed by atoms with van der Waals surface area (Å²) in [5.74, 6) is 0.821. The lowest BCUT2D eigenvalue weighted by Gasteiger charge is -2.19. The molecule has 0 amide bonds. The van der Waals surface area contributed by atoms with E-state index in [4.69, 9.17) is 4.74 Å². The van der Waals surface area contributed by atoms with E-state index in [0.29, 0.717) is 13.1 Å². The number of benzene rings is 2. The van der Waals surface area contributed by atoms with E-state index in [9.17, 15) is 4.79 Å². The predicted molar refractivity (Wildman–Crippen MR) is 131 cm³/mol. The zero-order valence-electron chi connectivity index (χ0n) is 19.3. The number of hydrogen-bond donors (Lipinski definition) is 0. The summed E-state index contributed by atoms with van der Waals surface area (Å²) >= 11 is 0. The van der Waals surface area contributed by atoms with Crippen molar-refractivity contribution in [1.82, 2.24) is 19.2 Å². The van der Waals surface area contributed by atoms with Crippen LogP contribution in [0.3, 0.4) is 0 Å². The maximum absolute atomic E-state index is 13.7. The van der Waals surface area contributed by atoms with Gasteiger partial charge in [-0.2, -0.15) is 5.10 Å².